The number of halogens is 1. The van der Waals surface area contributed by atoms with Gasteiger partial charge in [-0.2, -0.15) is 11.3 Å². The molecule has 6 nitrogen and oxygen atoms in total. The minimum atomic E-state index is -0.672. The third kappa shape index (κ3) is 4.80. The van der Waals surface area contributed by atoms with E-state index in [-0.39, 0.29) is 35.4 Å². The molecule has 1 heterocycles. The fraction of sp³-hybridized carbons (Fsp3) is 0.133. The molecule has 0 fully saturated rings. The van der Waals surface area contributed by atoms with E-state index in [2.05, 4.69) is 10.6 Å². The average molecular weight is 352 g/mol. The van der Waals surface area contributed by atoms with Crippen LogP contribution in [-0.2, 0) is 4.79 Å². The van der Waals surface area contributed by atoms with E-state index in [1.807, 2.05) is 0 Å². The summed E-state index contributed by atoms with van der Waals surface area (Å²) in [5.74, 6) is -1.19. The quantitative estimate of drug-likeness (QED) is 0.743. The van der Waals surface area contributed by atoms with Crippen molar-refractivity contribution in [1.29, 1.82) is 0 Å². The van der Waals surface area contributed by atoms with Gasteiger partial charge in [0.2, 0.25) is 11.8 Å². The molecular weight excluding hydrogens is 338 g/mol. The van der Waals surface area contributed by atoms with E-state index in [0.29, 0.717) is 11.3 Å². The molecule has 4 N–H and O–H groups in total. The molecule has 0 saturated carbocycles. The molecule has 0 radical (unpaired) electrons. The van der Waals surface area contributed by atoms with Gasteiger partial charge < -0.3 is 16.4 Å². The number of hydrogen-bond donors (Lipinski definition) is 3. The maximum atomic E-state index is 11.8. The Morgan fingerprint density at radius 2 is 2.00 bits per heavy atom. The third-order valence-corrected chi connectivity index (χ3v) is 3.95. The molecule has 0 saturated heterocycles. The van der Waals surface area contributed by atoms with Crippen LogP contribution in [0.4, 0.5) is 5.69 Å². The van der Waals surface area contributed by atoms with Gasteiger partial charge in [-0.05, 0) is 29.6 Å². The zero-order valence-electron chi connectivity index (χ0n) is 12.0. The summed E-state index contributed by atoms with van der Waals surface area (Å²) in [6.07, 6.45) is 0.102. The minimum Gasteiger partial charge on any atom is -0.366 e. The van der Waals surface area contributed by atoms with Crippen molar-refractivity contribution < 1.29 is 14.4 Å². The van der Waals surface area contributed by atoms with Crippen molar-refractivity contribution in [3.63, 3.8) is 0 Å². The van der Waals surface area contributed by atoms with Crippen LogP contribution in [0.15, 0.2) is 35.0 Å². The van der Waals surface area contributed by atoms with Crippen LogP contribution in [0.3, 0.4) is 0 Å². The monoisotopic (exact) mass is 351 g/mol. The highest BCUT2D eigenvalue weighted by Crippen LogP contribution is 2.20. The van der Waals surface area contributed by atoms with Gasteiger partial charge in [0.25, 0.3) is 5.91 Å². The van der Waals surface area contributed by atoms with Crippen molar-refractivity contribution in [2.45, 2.75) is 6.42 Å². The molecule has 1 aromatic heterocycles. The number of nitrogens with one attached hydrogen (secondary N) is 2. The fourth-order valence-corrected chi connectivity index (χ4v) is 2.65. The number of anilines is 1. The van der Waals surface area contributed by atoms with Gasteiger partial charge >= 0.3 is 0 Å². The van der Waals surface area contributed by atoms with E-state index in [0.717, 1.165) is 0 Å². The number of amides is 3. The van der Waals surface area contributed by atoms with Crippen molar-refractivity contribution in [3.8, 4) is 0 Å². The second-order valence-electron chi connectivity index (χ2n) is 4.62. The van der Waals surface area contributed by atoms with E-state index >= 15 is 0 Å². The Morgan fingerprint density at radius 3 is 2.65 bits per heavy atom. The van der Waals surface area contributed by atoms with Gasteiger partial charge in [0.15, 0.2) is 0 Å². The molecule has 3 amide bonds. The summed E-state index contributed by atoms with van der Waals surface area (Å²) < 4.78 is 0. The topological polar surface area (TPSA) is 101 Å². The highest BCUT2D eigenvalue weighted by Gasteiger charge is 2.10. The predicted molar refractivity (Wildman–Crippen MR) is 89.9 cm³/mol. The van der Waals surface area contributed by atoms with E-state index in [1.54, 1.807) is 22.9 Å². The lowest BCUT2D eigenvalue weighted by molar-refractivity contribution is -0.116. The number of benzene rings is 1. The first-order valence-electron chi connectivity index (χ1n) is 6.67. The van der Waals surface area contributed by atoms with Crippen LogP contribution in [0, 0.1) is 0 Å². The lowest BCUT2D eigenvalue weighted by Crippen LogP contribution is -2.27. The molecule has 2 aromatic rings. The van der Waals surface area contributed by atoms with Crippen LogP contribution >= 0.6 is 22.9 Å². The van der Waals surface area contributed by atoms with Crippen LogP contribution in [0.25, 0.3) is 0 Å². The standard InChI is InChI=1S/C15H14ClN3O3S/c16-12-2-1-10(7-11(12)14(17)21)19-13(20)3-5-18-15(22)9-4-6-23-8-9/h1-2,4,6-8H,3,5H2,(H2,17,21)(H,18,22)(H,19,20). The van der Waals surface area contributed by atoms with Crippen molar-refractivity contribution in [1.82, 2.24) is 5.32 Å². The Kier molecular flexibility index (Phi) is 5.72. The molecule has 0 aliphatic carbocycles. The van der Waals surface area contributed by atoms with Crippen LogP contribution in [-0.4, -0.2) is 24.3 Å². The zero-order chi connectivity index (χ0) is 16.8. The van der Waals surface area contributed by atoms with Crippen LogP contribution in [0.5, 0.6) is 0 Å². The molecule has 120 valence electrons. The van der Waals surface area contributed by atoms with Crippen molar-refractivity contribution >= 4 is 46.3 Å². The van der Waals surface area contributed by atoms with Crippen LogP contribution in [0.2, 0.25) is 5.02 Å². The number of nitrogens with two attached hydrogens (primary N) is 1. The molecule has 0 unspecified atom stereocenters. The molecule has 23 heavy (non-hydrogen) atoms. The van der Waals surface area contributed by atoms with Crippen molar-refractivity contribution in [3.05, 3.63) is 51.2 Å². The largest absolute Gasteiger partial charge is 0.366 e. The highest BCUT2D eigenvalue weighted by atomic mass is 35.5. The van der Waals surface area contributed by atoms with Gasteiger partial charge in [0.1, 0.15) is 0 Å². The second-order valence-corrected chi connectivity index (χ2v) is 5.81. The molecular formula is C15H14ClN3O3S. The van der Waals surface area contributed by atoms with Crippen LogP contribution < -0.4 is 16.4 Å². The molecule has 0 atom stereocenters. The van der Waals surface area contributed by atoms with E-state index in [4.69, 9.17) is 17.3 Å². The van der Waals surface area contributed by atoms with Gasteiger partial charge in [-0.1, -0.05) is 11.6 Å². The summed E-state index contributed by atoms with van der Waals surface area (Å²) in [6, 6.07) is 6.16. The first kappa shape index (κ1) is 17.0. The Morgan fingerprint density at radius 1 is 1.22 bits per heavy atom. The number of carbonyl (C=O) groups is 3. The molecule has 2 rings (SSSR count). The van der Waals surface area contributed by atoms with Gasteiger partial charge in [-0.25, -0.2) is 0 Å². The number of carbonyl (C=O) groups excluding carboxylic acids is 3. The second kappa shape index (κ2) is 7.75. The molecule has 8 heteroatoms. The summed E-state index contributed by atoms with van der Waals surface area (Å²) in [5, 5.41) is 9.03. The fourth-order valence-electron chi connectivity index (χ4n) is 1.80. The highest BCUT2D eigenvalue weighted by molar-refractivity contribution is 7.08. The Balaban J connectivity index is 1.84. The summed E-state index contributed by atoms with van der Waals surface area (Å²) in [4.78, 5) is 34.7. The molecule has 0 bridgehead atoms. The Hall–Kier alpha value is -2.38. The number of primary amides is 1. The first-order chi connectivity index (χ1) is 11.0. The maximum absolute atomic E-state index is 11.8. The van der Waals surface area contributed by atoms with E-state index < -0.39 is 5.91 Å². The van der Waals surface area contributed by atoms with Crippen molar-refractivity contribution in [2.24, 2.45) is 5.73 Å². The zero-order valence-corrected chi connectivity index (χ0v) is 13.5. The average Bonchev–Trinajstić information content (AvgIpc) is 3.03. The predicted octanol–water partition coefficient (Wildman–Crippen LogP) is 2.26. The number of thiophene rings is 1. The SMILES string of the molecule is NC(=O)c1cc(NC(=O)CCNC(=O)c2ccsc2)ccc1Cl. The molecule has 0 spiro atoms. The van der Waals surface area contributed by atoms with Crippen LogP contribution in [0.1, 0.15) is 27.1 Å². The summed E-state index contributed by atoms with van der Waals surface area (Å²) in [6.45, 7) is 0.205. The van der Waals surface area contributed by atoms with E-state index in [9.17, 15) is 14.4 Å². The van der Waals surface area contributed by atoms with Gasteiger partial charge in [0, 0.05) is 29.6 Å². The van der Waals surface area contributed by atoms with Gasteiger partial charge in [-0.3, -0.25) is 14.4 Å². The maximum Gasteiger partial charge on any atom is 0.252 e. The first-order valence-corrected chi connectivity index (χ1v) is 7.99. The lowest BCUT2D eigenvalue weighted by Gasteiger charge is -2.08. The Labute approximate surface area is 141 Å². The molecule has 0 aliphatic heterocycles. The van der Waals surface area contributed by atoms with E-state index in [1.165, 1.54) is 23.5 Å². The Bertz CT molecular complexity index is 732. The lowest BCUT2D eigenvalue weighted by atomic mass is 10.2. The minimum absolute atomic E-state index is 0.102. The number of hydrogen-bond acceptors (Lipinski definition) is 4. The van der Waals surface area contributed by atoms with Crippen molar-refractivity contribution in [2.75, 3.05) is 11.9 Å². The molecule has 1 aromatic carbocycles. The summed E-state index contributed by atoms with van der Waals surface area (Å²) in [5.41, 5.74) is 6.31. The smallest absolute Gasteiger partial charge is 0.252 e. The molecule has 0 aliphatic rings. The third-order valence-electron chi connectivity index (χ3n) is 2.94. The summed E-state index contributed by atoms with van der Waals surface area (Å²) >= 11 is 7.26. The normalized spacial score (nSPS) is 10.1. The van der Waals surface area contributed by atoms with Gasteiger partial charge in [0.05, 0.1) is 10.6 Å². The van der Waals surface area contributed by atoms with Gasteiger partial charge in [-0.15, -0.1) is 0 Å². The number of rotatable bonds is 6. The summed E-state index contributed by atoms with van der Waals surface area (Å²) in [7, 11) is 0.